The smallest absolute Gasteiger partial charge is 0.347 e. The van der Waals surface area contributed by atoms with Gasteiger partial charge >= 0.3 is 5.97 Å². The van der Waals surface area contributed by atoms with Gasteiger partial charge in [0.2, 0.25) is 10.0 Å². The average Bonchev–Trinajstić information content (AvgIpc) is 2.97. The fourth-order valence-corrected chi connectivity index (χ4v) is 6.33. The normalized spacial score (nSPS) is 27.2. The van der Waals surface area contributed by atoms with E-state index in [1.807, 2.05) is 0 Å². The zero-order chi connectivity index (χ0) is 15.0. The Hall–Kier alpha value is -0.920. The second-order valence-electron chi connectivity index (χ2n) is 5.88. The molecule has 0 spiro atoms. The van der Waals surface area contributed by atoms with Crippen molar-refractivity contribution in [2.75, 3.05) is 13.1 Å². The number of carbonyl (C=O) groups is 1. The molecular weight excluding hydrogens is 310 g/mol. The number of piperidine rings is 1. The Labute approximate surface area is 128 Å². The van der Waals surface area contributed by atoms with Crippen LogP contribution in [0.3, 0.4) is 0 Å². The van der Waals surface area contributed by atoms with Crippen LogP contribution in [-0.4, -0.2) is 36.9 Å². The summed E-state index contributed by atoms with van der Waals surface area (Å²) in [4.78, 5) is 11.0. The lowest BCUT2D eigenvalue weighted by molar-refractivity contribution is 0.0698. The zero-order valence-electron chi connectivity index (χ0n) is 11.7. The Bertz CT molecular complexity index is 637. The first kappa shape index (κ1) is 15.0. The van der Waals surface area contributed by atoms with Crippen molar-refractivity contribution < 1.29 is 18.3 Å². The van der Waals surface area contributed by atoms with Crippen molar-refractivity contribution in [2.45, 2.75) is 37.0 Å². The molecule has 1 saturated carbocycles. The highest BCUT2D eigenvalue weighted by Gasteiger charge is 2.38. The van der Waals surface area contributed by atoms with Crippen molar-refractivity contribution in [3.8, 4) is 0 Å². The van der Waals surface area contributed by atoms with Crippen molar-refractivity contribution >= 4 is 27.3 Å². The largest absolute Gasteiger partial charge is 0.477 e. The van der Waals surface area contributed by atoms with Gasteiger partial charge in [-0.15, -0.1) is 11.3 Å². The predicted octanol–water partition coefficient (Wildman–Crippen LogP) is 2.65. The summed E-state index contributed by atoms with van der Waals surface area (Å²) >= 11 is 0.966. The van der Waals surface area contributed by atoms with Gasteiger partial charge in [-0.05, 0) is 36.1 Å². The SMILES string of the molecule is O=C(O)c1sccc1S(=O)(=O)N1CCC2CCCCC2C1. The lowest BCUT2D eigenvalue weighted by Gasteiger charge is -2.40. The molecule has 0 amide bonds. The molecule has 1 N–H and O–H groups in total. The van der Waals surface area contributed by atoms with Gasteiger partial charge in [0, 0.05) is 13.1 Å². The summed E-state index contributed by atoms with van der Waals surface area (Å²) in [7, 11) is -3.68. The highest BCUT2D eigenvalue weighted by molar-refractivity contribution is 7.89. The van der Waals surface area contributed by atoms with E-state index in [1.165, 1.54) is 35.0 Å². The second kappa shape index (κ2) is 5.70. The van der Waals surface area contributed by atoms with E-state index in [9.17, 15) is 13.2 Å². The number of fused-ring (bicyclic) bond motifs is 1. The molecule has 1 aliphatic heterocycles. The molecule has 0 bridgehead atoms. The van der Waals surface area contributed by atoms with Gasteiger partial charge in [-0.3, -0.25) is 0 Å². The lowest BCUT2D eigenvalue weighted by atomic mass is 9.76. The van der Waals surface area contributed by atoms with E-state index in [-0.39, 0.29) is 9.77 Å². The monoisotopic (exact) mass is 329 g/mol. The van der Waals surface area contributed by atoms with Crippen LogP contribution in [0.5, 0.6) is 0 Å². The molecule has 2 fully saturated rings. The van der Waals surface area contributed by atoms with Crippen molar-refractivity contribution in [3.05, 3.63) is 16.3 Å². The third-order valence-corrected chi connectivity index (χ3v) is 7.63. The van der Waals surface area contributed by atoms with E-state index in [4.69, 9.17) is 5.11 Å². The molecule has 21 heavy (non-hydrogen) atoms. The molecule has 1 aliphatic carbocycles. The van der Waals surface area contributed by atoms with E-state index in [2.05, 4.69) is 0 Å². The molecular formula is C14H19NO4S2. The summed E-state index contributed by atoms with van der Waals surface area (Å²) in [5.74, 6) is -0.0862. The molecule has 0 radical (unpaired) electrons. The van der Waals surface area contributed by atoms with E-state index in [0.717, 1.165) is 24.2 Å². The number of carboxylic acid groups (broad SMARTS) is 1. The van der Waals surface area contributed by atoms with Gasteiger partial charge in [-0.2, -0.15) is 4.31 Å². The fourth-order valence-electron chi connectivity index (χ4n) is 3.58. The maximum Gasteiger partial charge on any atom is 0.347 e. The Morgan fingerprint density at radius 1 is 1.24 bits per heavy atom. The van der Waals surface area contributed by atoms with Crippen LogP contribution in [0.15, 0.2) is 16.3 Å². The molecule has 7 heteroatoms. The van der Waals surface area contributed by atoms with Gasteiger partial charge in [-0.25, -0.2) is 13.2 Å². The van der Waals surface area contributed by atoms with Gasteiger partial charge in [0.25, 0.3) is 0 Å². The quantitative estimate of drug-likeness (QED) is 0.925. The van der Waals surface area contributed by atoms with E-state index in [1.54, 1.807) is 0 Å². The zero-order valence-corrected chi connectivity index (χ0v) is 13.3. The number of hydrogen-bond acceptors (Lipinski definition) is 4. The summed E-state index contributed by atoms with van der Waals surface area (Å²) in [5, 5.41) is 10.7. The second-order valence-corrected chi connectivity index (χ2v) is 8.70. The number of rotatable bonds is 3. The predicted molar refractivity (Wildman–Crippen MR) is 80.1 cm³/mol. The first-order valence-electron chi connectivity index (χ1n) is 7.31. The minimum Gasteiger partial charge on any atom is -0.477 e. The molecule has 1 aromatic heterocycles. The molecule has 0 aromatic carbocycles. The van der Waals surface area contributed by atoms with Gasteiger partial charge in [0.1, 0.15) is 9.77 Å². The molecule has 2 unspecified atom stereocenters. The highest BCUT2D eigenvalue weighted by Crippen LogP contribution is 2.38. The maximum atomic E-state index is 12.7. The van der Waals surface area contributed by atoms with Crippen LogP contribution < -0.4 is 0 Å². The number of nitrogens with zero attached hydrogens (tertiary/aromatic N) is 1. The van der Waals surface area contributed by atoms with Crippen LogP contribution in [0, 0.1) is 11.8 Å². The van der Waals surface area contributed by atoms with Crippen molar-refractivity contribution in [1.82, 2.24) is 4.31 Å². The van der Waals surface area contributed by atoms with E-state index >= 15 is 0 Å². The molecule has 2 heterocycles. The standard InChI is InChI=1S/C14H19NO4S2/c16-14(17)13-12(6-8-20-13)21(18,19)15-7-5-10-3-1-2-4-11(10)9-15/h6,8,10-11H,1-5,7,9H2,(H,16,17). The summed E-state index contributed by atoms with van der Waals surface area (Å²) in [6.07, 6.45) is 5.62. The Kier molecular flexibility index (Phi) is 4.07. The Morgan fingerprint density at radius 2 is 1.95 bits per heavy atom. The van der Waals surface area contributed by atoms with E-state index < -0.39 is 16.0 Å². The minimum absolute atomic E-state index is 0.0470. The van der Waals surface area contributed by atoms with Crippen molar-refractivity contribution in [1.29, 1.82) is 0 Å². The molecule has 116 valence electrons. The summed E-state index contributed by atoms with van der Waals surface area (Å²) in [5.41, 5.74) is 0. The van der Waals surface area contributed by atoms with Gasteiger partial charge in [0.05, 0.1) is 0 Å². The Balaban J connectivity index is 1.85. The molecule has 1 saturated heterocycles. The minimum atomic E-state index is -3.68. The molecule has 2 aliphatic rings. The number of sulfonamides is 1. The highest BCUT2D eigenvalue weighted by atomic mass is 32.2. The fraction of sp³-hybridized carbons (Fsp3) is 0.643. The summed E-state index contributed by atoms with van der Waals surface area (Å²) < 4.78 is 26.9. The summed E-state index contributed by atoms with van der Waals surface area (Å²) in [6, 6.07) is 1.41. The topological polar surface area (TPSA) is 74.7 Å². The summed E-state index contributed by atoms with van der Waals surface area (Å²) in [6.45, 7) is 1.06. The third kappa shape index (κ3) is 2.74. The van der Waals surface area contributed by atoms with Crippen molar-refractivity contribution in [2.24, 2.45) is 11.8 Å². The van der Waals surface area contributed by atoms with Crippen molar-refractivity contribution in [3.63, 3.8) is 0 Å². The van der Waals surface area contributed by atoms with Gasteiger partial charge in [-0.1, -0.05) is 19.3 Å². The van der Waals surface area contributed by atoms with Gasteiger partial charge < -0.3 is 5.11 Å². The third-order valence-electron chi connectivity index (χ3n) is 4.70. The van der Waals surface area contributed by atoms with Gasteiger partial charge in [0.15, 0.2) is 0 Å². The average molecular weight is 329 g/mol. The molecule has 3 rings (SSSR count). The van der Waals surface area contributed by atoms with E-state index in [0.29, 0.717) is 24.9 Å². The number of carboxylic acids is 1. The lowest BCUT2D eigenvalue weighted by Crippen LogP contribution is -2.44. The molecule has 5 nitrogen and oxygen atoms in total. The number of aromatic carboxylic acids is 1. The Morgan fingerprint density at radius 3 is 2.67 bits per heavy atom. The molecule has 1 aromatic rings. The first-order valence-corrected chi connectivity index (χ1v) is 9.63. The van der Waals surface area contributed by atoms with Crippen LogP contribution in [0.4, 0.5) is 0 Å². The maximum absolute atomic E-state index is 12.7. The number of hydrogen-bond donors (Lipinski definition) is 1. The van der Waals surface area contributed by atoms with Crippen LogP contribution in [0.25, 0.3) is 0 Å². The van der Waals surface area contributed by atoms with Crippen LogP contribution >= 0.6 is 11.3 Å². The molecule has 2 atom stereocenters. The number of thiophene rings is 1. The van der Waals surface area contributed by atoms with Crippen LogP contribution in [0.2, 0.25) is 0 Å². The first-order chi connectivity index (χ1) is 10.00. The van der Waals surface area contributed by atoms with Crippen LogP contribution in [-0.2, 0) is 10.0 Å². The van der Waals surface area contributed by atoms with Crippen LogP contribution in [0.1, 0.15) is 41.8 Å².